The minimum atomic E-state index is -0.346. The first kappa shape index (κ1) is 19.1. The molecule has 1 saturated carbocycles. The van der Waals surface area contributed by atoms with E-state index in [-0.39, 0.29) is 29.2 Å². The molecule has 1 fully saturated rings. The van der Waals surface area contributed by atoms with Crippen LogP contribution in [0.2, 0.25) is 0 Å². The van der Waals surface area contributed by atoms with Gasteiger partial charge in [0, 0.05) is 24.4 Å². The van der Waals surface area contributed by atoms with Crippen LogP contribution in [0.4, 0.5) is 0 Å². The van der Waals surface area contributed by atoms with Crippen molar-refractivity contribution in [2.75, 3.05) is 12.4 Å². The summed E-state index contributed by atoms with van der Waals surface area (Å²) in [6.07, 6.45) is 9.26. The van der Waals surface area contributed by atoms with Crippen LogP contribution in [-0.4, -0.2) is 39.7 Å². The normalized spacial score (nSPS) is 21.5. The molecule has 1 unspecified atom stereocenters. The Bertz CT molecular complexity index is 674. The van der Waals surface area contributed by atoms with E-state index in [1.165, 1.54) is 6.42 Å². The second-order valence-electron chi connectivity index (χ2n) is 7.57. The van der Waals surface area contributed by atoms with Crippen LogP contribution in [0.3, 0.4) is 0 Å². The number of carbonyl (C=O) groups is 2. The highest BCUT2D eigenvalue weighted by Crippen LogP contribution is 2.30. The van der Waals surface area contributed by atoms with Gasteiger partial charge < -0.3 is 10.6 Å². The van der Waals surface area contributed by atoms with Crippen LogP contribution in [0.25, 0.3) is 0 Å². The van der Waals surface area contributed by atoms with Gasteiger partial charge in [-0.1, -0.05) is 19.3 Å². The maximum absolute atomic E-state index is 13.0. The van der Waals surface area contributed by atoms with Gasteiger partial charge in [-0.25, -0.2) is 9.97 Å². The van der Waals surface area contributed by atoms with E-state index in [1.807, 2.05) is 13.1 Å². The van der Waals surface area contributed by atoms with Gasteiger partial charge >= 0.3 is 0 Å². The van der Waals surface area contributed by atoms with Crippen molar-refractivity contribution in [3.63, 3.8) is 0 Å². The number of hydrogen-bond acceptors (Lipinski definition) is 4. The molecule has 6 nitrogen and oxygen atoms in total. The third-order valence-corrected chi connectivity index (χ3v) is 5.83. The predicted molar refractivity (Wildman–Crippen MR) is 100.0 cm³/mol. The largest absolute Gasteiger partial charge is 0.353 e. The number of hydrogen-bond donors (Lipinski definition) is 2. The lowest BCUT2D eigenvalue weighted by Gasteiger charge is -2.39. The van der Waals surface area contributed by atoms with Crippen molar-refractivity contribution in [1.29, 1.82) is 0 Å². The van der Waals surface area contributed by atoms with Gasteiger partial charge in [0.25, 0.3) is 0 Å². The van der Waals surface area contributed by atoms with E-state index >= 15 is 0 Å². The van der Waals surface area contributed by atoms with E-state index in [2.05, 4.69) is 20.6 Å². The Kier molecular flexibility index (Phi) is 6.12. The van der Waals surface area contributed by atoms with Crippen LogP contribution in [0, 0.1) is 12.8 Å². The lowest BCUT2D eigenvalue weighted by molar-refractivity contribution is -0.128. The Morgan fingerprint density at radius 1 is 1.31 bits per heavy atom. The van der Waals surface area contributed by atoms with E-state index in [4.69, 9.17) is 11.6 Å². The molecule has 0 bridgehead atoms. The molecule has 2 aliphatic carbocycles. The minimum Gasteiger partial charge on any atom is -0.353 e. The molecule has 142 valence electrons. The number of halogens is 1. The zero-order chi connectivity index (χ0) is 18.6. The first-order valence-corrected chi connectivity index (χ1v) is 10.0. The molecule has 1 heterocycles. The molecule has 3 rings (SSSR count). The molecular formula is C19H27ClN4O2. The first-order chi connectivity index (χ1) is 12.5. The predicted octanol–water partition coefficient (Wildman–Crippen LogP) is 2.06. The summed E-state index contributed by atoms with van der Waals surface area (Å²) in [6.45, 7) is 2.34. The fourth-order valence-electron chi connectivity index (χ4n) is 4.08. The average Bonchev–Trinajstić information content (AvgIpc) is 2.66. The summed E-state index contributed by atoms with van der Waals surface area (Å²) in [5, 5.41) is 6.15. The van der Waals surface area contributed by atoms with Crippen molar-refractivity contribution in [2.45, 2.75) is 63.8 Å². The molecule has 1 atom stereocenters. The molecule has 1 aromatic rings. The molecular weight excluding hydrogens is 352 g/mol. The zero-order valence-electron chi connectivity index (χ0n) is 15.3. The SMILES string of the molecule is Cc1ncc2c(n1)CCC(C(=O)NC1(CNC(=O)CCl)CCCCC1)C2. The van der Waals surface area contributed by atoms with Crippen molar-refractivity contribution in [3.05, 3.63) is 23.3 Å². The maximum Gasteiger partial charge on any atom is 0.235 e. The standard InChI is InChI=1S/C19H27ClN4O2/c1-13-21-11-15-9-14(5-6-16(15)23-13)18(26)24-19(7-3-2-4-8-19)12-22-17(25)10-20/h11,14H,2-10,12H2,1H3,(H,22,25)(H,24,26). The molecule has 0 radical (unpaired) electrons. The highest BCUT2D eigenvalue weighted by atomic mass is 35.5. The molecule has 26 heavy (non-hydrogen) atoms. The fourth-order valence-corrected chi connectivity index (χ4v) is 4.18. The van der Waals surface area contributed by atoms with Crippen molar-refractivity contribution in [2.24, 2.45) is 5.92 Å². The molecule has 2 amide bonds. The van der Waals surface area contributed by atoms with Crippen LogP contribution in [0.1, 0.15) is 55.6 Å². The van der Waals surface area contributed by atoms with E-state index < -0.39 is 0 Å². The van der Waals surface area contributed by atoms with E-state index in [9.17, 15) is 9.59 Å². The van der Waals surface area contributed by atoms with Gasteiger partial charge in [-0.2, -0.15) is 0 Å². The summed E-state index contributed by atoms with van der Waals surface area (Å²) in [7, 11) is 0. The van der Waals surface area contributed by atoms with Gasteiger partial charge in [0.05, 0.1) is 5.54 Å². The van der Waals surface area contributed by atoms with Crippen molar-refractivity contribution in [3.8, 4) is 0 Å². The van der Waals surface area contributed by atoms with E-state index in [0.29, 0.717) is 13.0 Å². The van der Waals surface area contributed by atoms with E-state index in [0.717, 1.165) is 55.6 Å². The Morgan fingerprint density at radius 3 is 2.81 bits per heavy atom. The highest BCUT2D eigenvalue weighted by Gasteiger charge is 2.36. The number of aryl methyl sites for hydroxylation is 2. The average molecular weight is 379 g/mol. The third-order valence-electron chi connectivity index (χ3n) is 5.59. The third kappa shape index (κ3) is 4.53. The van der Waals surface area contributed by atoms with Crippen LogP contribution in [0.5, 0.6) is 0 Å². The lowest BCUT2D eigenvalue weighted by Crippen LogP contribution is -2.58. The van der Waals surface area contributed by atoms with Crippen LogP contribution in [-0.2, 0) is 22.4 Å². The molecule has 7 heteroatoms. The Balaban J connectivity index is 1.66. The van der Waals surface area contributed by atoms with Crippen molar-refractivity contribution >= 4 is 23.4 Å². The summed E-state index contributed by atoms with van der Waals surface area (Å²) >= 11 is 5.59. The maximum atomic E-state index is 13.0. The number of alkyl halides is 1. The monoisotopic (exact) mass is 378 g/mol. The van der Waals surface area contributed by atoms with Crippen molar-refractivity contribution in [1.82, 2.24) is 20.6 Å². The molecule has 2 aliphatic rings. The smallest absolute Gasteiger partial charge is 0.235 e. The Labute approximate surface area is 159 Å². The fraction of sp³-hybridized carbons (Fsp3) is 0.684. The van der Waals surface area contributed by atoms with Gasteiger partial charge in [-0.3, -0.25) is 9.59 Å². The molecule has 0 aliphatic heterocycles. The van der Waals surface area contributed by atoms with Crippen LogP contribution >= 0.6 is 11.6 Å². The van der Waals surface area contributed by atoms with E-state index in [1.54, 1.807) is 0 Å². The van der Waals surface area contributed by atoms with Gasteiger partial charge in [0.2, 0.25) is 11.8 Å². The molecule has 2 N–H and O–H groups in total. The number of amides is 2. The molecule has 1 aromatic heterocycles. The summed E-state index contributed by atoms with van der Waals surface area (Å²) in [4.78, 5) is 33.3. The highest BCUT2D eigenvalue weighted by molar-refractivity contribution is 6.27. The number of rotatable bonds is 5. The summed E-state index contributed by atoms with van der Waals surface area (Å²) in [6, 6.07) is 0. The van der Waals surface area contributed by atoms with Crippen molar-refractivity contribution < 1.29 is 9.59 Å². The number of aromatic nitrogens is 2. The van der Waals surface area contributed by atoms with Crippen LogP contribution in [0.15, 0.2) is 6.20 Å². The van der Waals surface area contributed by atoms with Gasteiger partial charge in [-0.15, -0.1) is 11.6 Å². The molecule has 0 aromatic carbocycles. The number of nitrogens with zero attached hydrogens (tertiary/aromatic N) is 2. The quantitative estimate of drug-likeness (QED) is 0.768. The second kappa shape index (κ2) is 8.33. The topological polar surface area (TPSA) is 84.0 Å². The molecule has 0 spiro atoms. The lowest BCUT2D eigenvalue weighted by atomic mass is 9.80. The summed E-state index contributed by atoms with van der Waals surface area (Å²) < 4.78 is 0. The van der Waals surface area contributed by atoms with Gasteiger partial charge in [0.1, 0.15) is 11.7 Å². The Hall–Kier alpha value is -1.69. The van der Waals surface area contributed by atoms with Gasteiger partial charge in [0.15, 0.2) is 0 Å². The first-order valence-electron chi connectivity index (χ1n) is 9.47. The number of nitrogens with one attached hydrogen (secondary N) is 2. The minimum absolute atomic E-state index is 0.0527. The Morgan fingerprint density at radius 2 is 2.08 bits per heavy atom. The number of carbonyl (C=O) groups excluding carboxylic acids is 2. The van der Waals surface area contributed by atoms with Crippen LogP contribution < -0.4 is 10.6 Å². The summed E-state index contributed by atoms with van der Waals surface area (Å²) in [5.74, 6) is 0.561. The molecule has 0 saturated heterocycles. The summed E-state index contributed by atoms with van der Waals surface area (Å²) in [5.41, 5.74) is 1.81. The second-order valence-corrected chi connectivity index (χ2v) is 7.84. The van der Waals surface area contributed by atoms with Gasteiger partial charge in [-0.05, 0) is 44.6 Å². The number of fused-ring (bicyclic) bond motifs is 1. The zero-order valence-corrected chi connectivity index (χ0v) is 16.1.